The molecule has 29 heavy (non-hydrogen) atoms. The first-order chi connectivity index (χ1) is 14.0. The minimum Gasteiger partial charge on any atom is -0.497 e. The van der Waals surface area contributed by atoms with Crippen molar-refractivity contribution in [3.8, 4) is 5.75 Å². The van der Waals surface area contributed by atoms with Crippen LogP contribution in [0.3, 0.4) is 0 Å². The fraction of sp³-hybridized carbons (Fsp3) is 0.435. The number of benzene rings is 1. The zero-order chi connectivity index (χ0) is 20.4. The maximum absolute atomic E-state index is 12.9. The van der Waals surface area contributed by atoms with Crippen molar-refractivity contribution in [2.75, 3.05) is 25.6 Å². The molecular formula is C23H27N3O3. The van der Waals surface area contributed by atoms with E-state index in [1.807, 2.05) is 37.4 Å². The van der Waals surface area contributed by atoms with Crippen LogP contribution < -0.4 is 9.64 Å². The SMILES string of the molecule is COc1ccc(Cc2cc(C(=O)N=C3CCCC[C@@H]3O)nc3c2CCN3C)cc1. The van der Waals surface area contributed by atoms with Gasteiger partial charge in [-0.25, -0.2) is 9.98 Å². The number of aliphatic hydroxyl groups excluding tert-OH is 1. The number of amides is 1. The molecule has 2 heterocycles. The maximum Gasteiger partial charge on any atom is 0.295 e. The Morgan fingerprint density at radius 1 is 1.28 bits per heavy atom. The third-order valence-electron chi connectivity index (χ3n) is 5.82. The molecule has 1 amide bonds. The lowest BCUT2D eigenvalue weighted by molar-refractivity contribution is 0.0994. The molecule has 2 aromatic rings. The van der Waals surface area contributed by atoms with E-state index in [9.17, 15) is 9.90 Å². The van der Waals surface area contributed by atoms with Crippen molar-refractivity contribution in [3.63, 3.8) is 0 Å². The van der Waals surface area contributed by atoms with Crippen molar-refractivity contribution in [2.24, 2.45) is 4.99 Å². The maximum atomic E-state index is 12.9. The summed E-state index contributed by atoms with van der Waals surface area (Å²) in [4.78, 5) is 23.8. The molecule has 6 heteroatoms. The fourth-order valence-corrected chi connectivity index (χ4v) is 4.11. The number of fused-ring (bicyclic) bond motifs is 1. The number of methoxy groups -OCH3 is 1. The quantitative estimate of drug-likeness (QED) is 0.863. The number of anilines is 1. The van der Waals surface area contributed by atoms with Crippen LogP contribution in [0.5, 0.6) is 5.75 Å². The van der Waals surface area contributed by atoms with Crippen LogP contribution in [0.4, 0.5) is 5.82 Å². The Balaban J connectivity index is 1.66. The molecule has 152 valence electrons. The Kier molecular flexibility index (Phi) is 5.62. The second kappa shape index (κ2) is 8.33. The number of ether oxygens (including phenoxy) is 1. The molecule has 1 fully saturated rings. The summed E-state index contributed by atoms with van der Waals surface area (Å²) in [5.74, 6) is 1.33. The van der Waals surface area contributed by atoms with Crippen LogP contribution in [0.2, 0.25) is 0 Å². The van der Waals surface area contributed by atoms with Gasteiger partial charge in [-0.05, 0) is 61.4 Å². The molecule has 1 N–H and O–H groups in total. The molecule has 1 aliphatic carbocycles. The molecule has 0 radical (unpaired) electrons. The van der Waals surface area contributed by atoms with E-state index in [-0.39, 0.29) is 5.91 Å². The smallest absolute Gasteiger partial charge is 0.295 e. The van der Waals surface area contributed by atoms with Crippen LogP contribution in [0.25, 0.3) is 0 Å². The van der Waals surface area contributed by atoms with Crippen molar-refractivity contribution in [1.82, 2.24) is 4.98 Å². The number of aliphatic imine (C=N–C) groups is 1. The van der Waals surface area contributed by atoms with Crippen LogP contribution in [0.15, 0.2) is 35.3 Å². The third kappa shape index (κ3) is 4.17. The highest BCUT2D eigenvalue weighted by molar-refractivity contribution is 6.04. The van der Waals surface area contributed by atoms with E-state index in [0.29, 0.717) is 24.2 Å². The van der Waals surface area contributed by atoms with Gasteiger partial charge in [-0.2, -0.15) is 0 Å². The van der Waals surface area contributed by atoms with Crippen LogP contribution in [-0.4, -0.2) is 48.5 Å². The van der Waals surface area contributed by atoms with E-state index in [1.165, 1.54) is 5.56 Å². The Morgan fingerprint density at radius 2 is 2.07 bits per heavy atom. The molecule has 1 aromatic heterocycles. The van der Waals surface area contributed by atoms with Crippen molar-refractivity contribution >= 4 is 17.4 Å². The molecular weight excluding hydrogens is 366 g/mol. The van der Waals surface area contributed by atoms with Gasteiger partial charge in [0.25, 0.3) is 5.91 Å². The summed E-state index contributed by atoms with van der Waals surface area (Å²) in [5, 5.41) is 10.1. The van der Waals surface area contributed by atoms with Gasteiger partial charge in [0.2, 0.25) is 0 Å². The first-order valence-electron chi connectivity index (χ1n) is 10.2. The highest BCUT2D eigenvalue weighted by atomic mass is 16.5. The van der Waals surface area contributed by atoms with Gasteiger partial charge >= 0.3 is 0 Å². The number of hydrogen-bond acceptors (Lipinski definition) is 5. The summed E-state index contributed by atoms with van der Waals surface area (Å²) in [5.41, 5.74) is 4.41. The van der Waals surface area contributed by atoms with Crippen LogP contribution in [0.1, 0.15) is 52.9 Å². The predicted molar refractivity (Wildman–Crippen MR) is 113 cm³/mol. The first-order valence-corrected chi connectivity index (χ1v) is 10.2. The lowest BCUT2D eigenvalue weighted by Gasteiger charge is -2.19. The highest BCUT2D eigenvalue weighted by Gasteiger charge is 2.25. The summed E-state index contributed by atoms with van der Waals surface area (Å²) < 4.78 is 5.24. The summed E-state index contributed by atoms with van der Waals surface area (Å²) in [6.07, 6.45) is 4.33. The normalized spacial score (nSPS) is 20.0. The zero-order valence-electron chi connectivity index (χ0n) is 17.0. The van der Waals surface area contributed by atoms with E-state index in [4.69, 9.17) is 4.74 Å². The van der Waals surface area contributed by atoms with Gasteiger partial charge in [-0.15, -0.1) is 0 Å². The van der Waals surface area contributed by atoms with Crippen LogP contribution >= 0.6 is 0 Å². The topological polar surface area (TPSA) is 75.0 Å². The minimum absolute atomic E-state index is 0.353. The lowest BCUT2D eigenvalue weighted by Crippen LogP contribution is -2.25. The van der Waals surface area contributed by atoms with E-state index in [1.54, 1.807) is 7.11 Å². The van der Waals surface area contributed by atoms with Crippen molar-refractivity contribution < 1.29 is 14.6 Å². The Morgan fingerprint density at radius 3 is 2.79 bits per heavy atom. The average molecular weight is 393 g/mol. The van der Waals surface area contributed by atoms with Crippen molar-refractivity contribution in [3.05, 3.63) is 52.7 Å². The molecule has 0 unspecified atom stereocenters. The fourth-order valence-electron chi connectivity index (χ4n) is 4.11. The standard InChI is InChI=1S/C23H27N3O3/c1-26-12-11-18-16(13-15-7-9-17(29-2)10-8-15)14-20(24-22(18)26)23(28)25-19-5-3-4-6-21(19)27/h7-10,14,21,27H,3-6,11-13H2,1-2H3/t21-/m0/s1. The second-order valence-corrected chi connectivity index (χ2v) is 7.84. The Labute approximate surface area is 171 Å². The van der Waals surface area contributed by atoms with E-state index < -0.39 is 6.10 Å². The minimum atomic E-state index is -0.608. The van der Waals surface area contributed by atoms with Crippen molar-refractivity contribution in [1.29, 1.82) is 0 Å². The molecule has 4 rings (SSSR count). The number of carbonyl (C=O) groups is 1. The van der Waals surface area contributed by atoms with E-state index in [2.05, 4.69) is 14.9 Å². The summed E-state index contributed by atoms with van der Waals surface area (Å²) in [6, 6.07) is 9.87. The van der Waals surface area contributed by atoms with Gasteiger partial charge in [0.05, 0.1) is 18.9 Å². The molecule has 1 atom stereocenters. The summed E-state index contributed by atoms with van der Waals surface area (Å²) >= 11 is 0. The molecule has 6 nitrogen and oxygen atoms in total. The number of rotatable bonds is 4. The summed E-state index contributed by atoms with van der Waals surface area (Å²) in [6.45, 7) is 0.892. The van der Waals surface area contributed by atoms with Gasteiger partial charge in [-0.1, -0.05) is 18.6 Å². The van der Waals surface area contributed by atoms with Crippen LogP contribution in [0, 0.1) is 0 Å². The second-order valence-electron chi connectivity index (χ2n) is 7.84. The van der Waals surface area contributed by atoms with Gasteiger partial charge in [0.15, 0.2) is 0 Å². The number of pyridine rings is 1. The van der Waals surface area contributed by atoms with Crippen LogP contribution in [-0.2, 0) is 12.8 Å². The summed E-state index contributed by atoms with van der Waals surface area (Å²) in [7, 11) is 3.66. The number of aromatic nitrogens is 1. The number of aliphatic hydroxyl groups is 1. The molecule has 0 saturated heterocycles. The molecule has 1 saturated carbocycles. The van der Waals surface area contributed by atoms with E-state index >= 15 is 0 Å². The van der Waals surface area contributed by atoms with Gasteiger partial charge in [-0.3, -0.25) is 4.79 Å². The van der Waals surface area contributed by atoms with E-state index in [0.717, 1.165) is 54.9 Å². The number of hydrogen-bond donors (Lipinski definition) is 1. The Hall–Kier alpha value is -2.73. The number of likely N-dealkylation sites (N-methyl/N-ethyl adjacent to an activating group) is 1. The Bertz CT molecular complexity index is 937. The molecule has 2 aliphatic rings. The molecule has 0 spiro atoms. The first kappa shape index (κ1) is 19.6. The van der Waals surface area contributed by atoms with Crippen molar-refractivity contribution in [2.45, 2.75) is 44.6 Å². The number of nitrogens with zero attached hydrogens (tertiary/aromatic N) is 3. The zero-order valence-corrected chi connectivity index (χ0v) is 17.0. The lowest BCUT2D eigenvalue weighted by atomic mass is 9.95. The third-order valence-corrected chi connectivity index (χ3v) is 5.82. The van der Waals surface area contributed by atoms with Gasteiger partial charge in [0, 0.05) is 19.2 Å². The number of carbonyl (C=O) groups excluding carboxylic acids is 1. The molecule has 1 aromatic carbocycles. The predicted octanol–water partition coefficient (Wildman–Crippen LogP) is 3.19. The largest absolute Gasteiger partial charge is 0.497 e. The average Bonchev–Trinajstić information content (AvgIpc) is 3.11. The monoisotopic (exact) mass is 393 g/mol. The molecule has 0 bridgehead atoms. The van der Waals surface area contributed by atoms with Gasteiger partial charge < -0.3 is 14.7 Å². The van der Waals surface area contributed by atoms with Gasteiger partial charge in [0.1, 0.15) is 17.3 Å². The highest BCUT2D eigenvalue weighted by Crippen LogP contribution is 2.30. The molecule has 1 aliphatic heterocycles.